The van der Waals surface area contributed by atoms with E-state index >= 15 is 0 Å². The van der Waals surface area contributed by atoms with E-state index in [0.717, 1.165) is 40.1 Å². The Labute approximate surface area is 158 Å². The average molecular weight is 360 g/mol. The summed E-state index contributed by atoms with van der Waals surface area (Å²) in [5, 5.41) is 10.7. The Balaban J connectivity index is 1.79. The number of hydrogen-bond donors (Lipinski definition) is 1. The molecule has 0 amide bonds. The minimum atomic E-state index is -0.543. The maximum absolute atomic E-state index is 13.3. The predicted octanol–water partition coefficient (Wildman–Crippen LogP) is 5.72. The Morgan fingerprint density at radius 2 is 1.85 bits per heavy atom. The molecule has 0 saturated heterocycles. The second-order valence-corrected chi connectivity index (χ2v) is 6.88. The van der Waals surface area contributed by atoms with Gasteiger partial charge in [-0.2, -0.15) is 0 Å². The van der Waals surface area contributed by atoms with Gasteiger partial charge in [0.2, 0.25) is 0 Å². The number of hydrogen-bond acceptors (Lipinski definition) is 3. The Bertz CT molecular complexity index is 982. The zero-order chi connectivity index (χ0) is 18.8. The van der Waals surface area contributed by atoms with E-state index in [4.69, 9.17) is 0 Å². The molecule has 1 aliphatic heterocycles. The predicted molar refractivity (Wildman–Crippen MR) is 107 cm³/mol. The van der Waals surface area contributed by atoms with Gasteiger partial charge in [-0.1, -0.05) is 19.1 Å². The van der Waals surface area contributed by atoms with Crippen LogP contribution in [0.1, 0.15) is 31.4 Å². The summed E-state index contributed by atoms with van der Waals surface area (Å²) in [6.07, 6.45) is 4.77. The fourth-order valence-electron chi connectivity index (χ4n) is 3.51. The van der Waals surface area contributed by atoms with Crippen molar-refractivity contribution in [2.75, 3.05) is 0 Å². The summed E-state index contributed by atoms with van der Waals surface area (Å²) in [4.78, 5) is 9.09. The third kappa shape index (κ3) is 3.53. The summed E-state index contributed by atoms with van der Waals surface area (Å²) in [6, 6.07) is 16.2. The van der Waals surface area contributed by atoms with Crippen molar-refractivity contribution in [2.24, 2.45) is 10.9 Å². The number of aliphatic hydroxyl groups excluding tert-OH is 1. The van der Waals surface area contributed by atoms with E-state index in [1.54, 1.807) is 18.3 Å². The van der Waals surface area contributed by atoms with Crippen molar-refractivity contribution < 1.29 is 9.50 Å². The molecule has 2 unspecified atom stereocenters. The minimum Gasteiger partial charge on any atom is -0.388 e. The Kier molecular flexibility index (Phi) is 4.82. The highest BCUT2D eigenvalue weighted by atomic mass is 19.1. The topological polar surface area (TPSA) is 45.5 Å². The molecule has 0 bridgehead atoms. The molecule has 4 rings (SSSR count). The van der Waals surface area contributed by atoms with Gasteiger partial charge in [0.05, 0.1) is 17.5 Å². The van der Waals surface area contributed by atoms with Crippen LogP contribution in [0.4, 0.5) is 10.1 Å². The number of halogens is 1. The van der Waals surface area contributed by atoms with E-state index in [1.807, 2.05) is 36.5 Å². The van der Waals surface area contributed by atoms with Crippen molar-refractivity contribution in [3.63, 3.8) is 0 Å². The molecule has 0 aliphatic carbocycles. The maximum atomic E-state index is 13.3. The van der Waals surface area contributed by atoms with Gasteiger partial charge in [0.15, 0.2) is 0 Å². The van der Waals surface area contributed by atoms with Gasteiger partial charge in [0.25, 0.3) is 0 Å². The number of aliphatic hydroxyl groups is 1. The smallest absolute Gasteiger partial charge is 0.123 e. The standard InChI is InChI=1S/C23H21FN2O/c1-2-15-12-22(27)20-13-17(7-10-21(20)26-14-15)19-4-3-11-25-23(19)16-5-8-18(24)9-6-16/h3-11,13-15,22,27H,2,12H2,1H3. The van der Waals surface area contributed by atoms with Gasteiger partial charge in [0, 0.05) is 29.1 Å². The van der Waals surface area contributed by atoms with E-state index in [-0.39, 0.29) is 11.7 Å². The van der Waals surface area contributed by atoms with Crippen molar-refractivity contribution in [3.05, 3.63) is 72.2 Å². The van der Waals surface area contributed by atoms with Gasteiger partial charge in [-0.15, -0.1) is 0 Å². The molecular formula is C23H21FN2O. The molecule has 4 heteroatoms. The average Bonchev–Trinajstić information content (AvgIpc) is 2.87. The van der Waals surface area contributed by atoms with Crippen LogP contribution >= 0.6 is 0 Å². The Morgan fingerprint density at radius 1 is 1.07 bits per heavy atom. The molecule has 2 heterocycles. The summed E-state index contributed by atoms with van der Waals surface area (Å²) in [6.45, 7) is 2.11. The summed E-state index contributed by atoms with van der Waals surface area (Å²) in [5.41, 5.74) is 5.20. The van der Waals surface area contributed by atoms with Gasteiger partial charge >= 0.3 is 0 Å². The Morgan fingerprint density at radius 3 is 2.63 bits per heavy atom. The molecule has 27 heavy (non-hydrogen) atoms. The van der Waals surface area contributed by atoms with Crippen LogP contribution in [0.15, 0.2) is 65.8 Å². The minimum absolute atomic E-state index is 0.271. The summed E-state index contributed by atoms with van der Waals surface area (Å²) < 4.78 is 13.3. The molecule has 2 atom stereocenters. The van der Waals surface area contributed by atoms with Crippen LogP contribution in [0.3, 0.4) is 0 Å². The number of pyridine rings is 1. The van der Waals surface area contributed by atoms with Crippen LogP contribution in [0.25, 0.3) is 22.4 Å². The number of benzene rings is 2. The molecule has 3 aromatic rings. The third-order valence-electron chi connectivity index (χ3n) is 5.10. The highest BCUT2D eigenvalue weighted by molar-refractivity contribution is 5.82. The molecule has 1 aliphatic rings. The summed E-state index contributed by atoms with van der Waals surface area (Å²) in [5.74, 6) is 0.0109. The van der Waals surface area contributed by atoms with Gasteiger partial charge in [-0.3, -0.25) is 9.98 Å². The zero-order valence-electron chi connectivity index (χ0n) is 15.1. The lowest BCUT2D eigenvalue weighted by atomic mass is 9.93. The van der Waals surface area contributed by atoms with Gasteiger partial charge < -0.3 is 5.11 Å². The second-order valence-electron chi connectivity index (χ2n) is 6.88. The molecule has 1 N–H and O–H groups in total. The first-order valence-electron chi connectivity index (χ1n) is 9.23. The number of rotatable bonds is 3. The van der Waals surface area contributed by atoms with Crippen LogP contribution in [0.2, 0.25) is 0 Å². The highest BCUT2D eigenvalue weighted by Gasteiger charge is 2.21. The molecule has 1 aromatic heterocycles. The normalized spacial score (nSPS) is 18.8. The van der Waals surface area contributed by atoms with Crippen LogP contribution in [0, 0.1) is 11.7 Å². The van der Waals surface area contributed by atoms with Crippen LogP contribution < -0.4 is 0 Å². The molecule has 136 valence electrons. The highest BCUT2D eigenvalue weighted by Crippen LogP contribution is 2.38. The van der Waals surface area contributed by atoms with Crippen LogP contribution in [-0.4, -0.2) is 16.3 Å². The Hall–Kier alpha value is -2.85. The molecule has 0 radical (unpaired) electrons. The van der Waals surface area contributed by atoms with E-state index in [1.165, 1.54) is 12.1 Å². The van der Waals surface area contributed by atoms with Crippen molar-refractivity contribution in [3.8, 4) is 22.4 Å². The SMILES string of the molecule is CCC1C=Nc2ccc(-c3cccnc3-c3ccc(F)cc3)cc2C(O)C1. The molecule has 0 fully saturated rings. The lowest BCUT2D eigenvalue weighted by Gasteiger charge is -2.16. The van der Waals surface area contributed by atoms with E-state index in [0.29, 0.717) is 6.42 Å². The number of aliphatic imine (C=N–C) groups is 1. The molecule has 2 aromatic carbocycles. The van der Waals surface area contributed by atoms with Crippen LogP contribution in [0.5, 0.6) is 0 Å². The molecular weight excluding hydrogens is 339 g/mol. The van der Waals surface area contributed by atoms with E-state index in [9.17, 15) is 9.50 Å². The number of fused-ring (bicyclic) bond motifs is 1. The molecule has 0 spiro atoms. The molecule has 3 nitrogen and oxygen atoms in total. The number of aromatic nitrogens is 1. The van der Waals surface area contributed by atoms with Crippen molar-refractivity contribution in [2.45, 2.75) is 25.9 Å². The summed E-state index contributed by atoms with van der Waals surface area (Å²) in [7, 11) is 0. The van der Waals surface area contributed by atoms with Crippen molar-refractivity contribution in [1.82, 2.24) is 4.98 Å². The quantitative estimate of drug-likeness (QED) is 0.649. The number of nitrogens with zero attached hydrogens (tertiary/aromatic N) is 2. The van der Waals surface area contributed by atoms with E-state index in [2.05, 4.69) is 16.9 Å². The first-order chi connectivity index (χ1) is 13.2. The largest absolute Gasteiger partial charge is 0.388 e. The molecule has 0 saturated carbocycles. The lowest BCUT2D eigenvalue weighted by molar-refractivity contribution is 0.157. The van der Waals surface area contributed by atoms with Gasteiger partial charge in [-0.05, 0) is 66.8 Å². The monoisotopic (exact) mass is 360 g/mol. The fourth-order valence-corrected chi connectivity index (χ4v) is 3.51. The lowest BCUT2D eigenvalue weighted by Crippen LogP contribution is -2.05. The first kappa shape index (κ1) is 17.6. The van der Waals surface area contributed by atoms with Crippen molar-refractivity contribution in [1.29, 1.82) is 0 Å². The maximum Gasteiger partial charge on any atom is 0.123 e. The fraction of sp³-hybridized carbons (Fsp3) is 0.217. The van der Waals surface area contributed by atoms with Gasteiger partial charge in [0.1, 0.15) is 5.82 Å². The van der Waals surface area contributed by atoms with E-state index < -0.39 is 6.10 Å². The second kappa shape index (κ2) is 7.41. The zero-order valence-corrected chi connectivity index (χ0v) is 15.1. The third-order valence-corrected chi connectivity index (χ3v) is 5.10. The van der Waals surface area contributed by atoms with Gasteiger partial charge in [-0.25, -0.2) is 4.39 Å². The summed E-state index contributed by atoms with van der Waals surface area (Å²) >= 11 is 0. The van der Waals surface area contributed by atoms with Crippen LogP contribution in [-0.2, 0) is 0 Å². The van der Waals surface area contributed by atoms with Crippen molar-refractivity contribution >= 4 is 11.9 Å². The first-order valence-corrected chi connectivity index (χ1v) is 9.23.